The molecule has 0 aromatic heterocycles. The summed E-state index contributed by atoms with van der Waals surface area (Å²) in [6.07, 6.45) is 0.459. The number of aliphatic hydroxyl groups is 1. The number of hydrogen-bond acceptors (Lipinski definition) is 3. The Kier molecular flexibility index (Phi) is 4.15. The number of likely N-dealkylation sites (N-methyl/N-ethyl adjacent to an activating group) is 2. The summed E-state index contributed by atoms with van der Waals surface area (Å²) in [5, 5.41) is 10.2. The van der Waals surface area contributed by atoms with E-state index < -0.39 is 0 Å². The molecular formula is C14H22N2O. The second-order valence-electron chi connectivity index (χ2n) is 5.06. The van der Waals surface area contributed by atoms with Gasteiger partial charge in [0.25, 0.3) is 0 Å². The molecule has 3 nitrogen and oxygen atoms in total. The summed E-state index contributed by atoms with van der Waals surface area (Å²) in [5.74, 6) is 0. The van der Waals surface area contributed by atoms with Gasteiger partial charge < -0.3 is 14.9 Å². The molecule has 1 aliphatic heterocycles. The lowest BCUT2D eigenvalue weighted by molar-refractivity contribution is 0.0635. The first-order valence-electron chi connectivity index (χ1n) is 6.28. The second kappa shape index (κ2) is 5.63. The smallest absolute Gasteiger partial charge is 0.0805 e. The van der Waals surface area contributed by atoms with Gasteiger partial charge in [0.15, 0.2) is 0 Å². The summed E-state index contributed by atoms with van der Waals surface area (Å²) < 4.78 is 0. The standard InChI is InChI=1S/C14H22N2O/c1-15-8-9-16(2)13(11-15)10-14(17)12-6-4-3-5-7-12/h3-7,13-14,17H,8-11H2,1-2H3. The van der Waals surface area contributed by atoms with Crippen molar-refractivity contribution in [3.05, 3.63) is 35.9 Å². The lowest BCUT2D eigenvalue weighted by Crippen LogP contribution is -2.50. The summed E-state index contributed by atoms with van der Waals surface area (Å²) in [4.78, 5) is 4.69. The molecular weight excluding hydrogens is 212 g/mol. The lowest BCUT2D eigenvalue weighted by atomic mass is 10.00. The molecule has 0 radical (unpaired) electrons. The van der Waals surface area contributed by atoms with E-state index >= 15 is 0 Å². The van der Waals surface area contributed by atoms with Gasteiger partial charge in [0.05, 0.1) is 6.10 Å². The molecule has 2 rings (SSSR count). The van der Waals surface area contributed by atoms with E-state index in [0.29, 0.717) is 6.04 Å². The minimum absolute atomic E-state index is 0.352. The topological polar surface area (TPSA) is 26.7 Å². The number of piperazine rings is 1. The van der Waals surface area contributed by atoms with E-state index in [1.807, 2.05) is 30.3 Å². The predicted octanol–water partition coefficient (Wildman–Crippen LogP) is 1.36. The Balaban J connectivity index is 1.96. The Morgan fingerprint density at radius 1 is 1.24 bits per heavy atom. The molecule has 1 aromatic carbocycles. The average Bonchev–Trinajstić information content (AvgIpc) is 2.35. The number of hydrogen-bond donors (Lipinski definition) is 1. The SMILES string of the molecule is CN1CCN(C)C(CC(O)c2ccccc2)C1. The largest absolute Gasteiger partial charge is 0.388 e. The number of rotatable bonds is 3. The van der Waals surface area contributed by atoms with Gasteiger partial charge in [-0.3, -0.25) is 0 Å². The molecule has 3 heteroatoms. The van der Waals surface area contributed by atoms with E-state index in [9.17, 15) is 5.11 Å². The quantitative estimate of drug-likeness (QED) is 0.855. The van der Waals surface area contributed by atoms with Gasteiger partial charge in [-0.15, -0.1) is 0 Å². The summed E-state index contributed by atoms with van der Waals surface area (Å²) in [7, 11) is 4.30. The maximum Gasteiger partial charge on any atom is 0.0805 e. The van der Waals surface area contributed by atoms with Crippen LogP contribution in [0.1, 0.15) is 18.1 Å². The molecule has 1 aliphatic rings. The molecule has 0 amide bonds. The molecule has 0 saturated carbocycles. The molecule has 2 atom stereocenters. The molecule has 1 heterocycles. The Labute approximate surface area is 104 Å². The Morgan fingerprint density at radius 2 is 1.94 bits per heavy atom. The van der Waals surface area contributed by atoms with Gasteiger partial charge in [0.2, 0.25) is 0 Å². The van der Waals surface area contributed by atoms with Crippen molar-refractivity contribution in [3.8, 4) is 0 Å². The van der Waals surface area contributed by atoms with Gasteiger partial charge in [-0.1, -0.05) is 30.3 Å². The zero-order valence-corrected chi connectivity index (χ0v) is 10.7. The predicted molar refractivity (Wildman–Crippen MR) is 69.9 cm³/mol. The monoisotopic (exact) mass is 234 g/mol. The minimum atomic E-state index is -0.352. The third-order valence-corrected chi connectivity index (χ3v) is 3.66. The van der Waals surface area contributed by atoms with Crippen LogP contribution in [0.25, 0.3) is 0 Å². The molecule has 1 saturated heterocycles. The fourth-order valence-electron chi connectivity index (χ4n) is 2.42. The highest BCUT2D eigenvalue weighted by molar-refractivity contribution is 5.17. The van der Waals surface area contributed by atoms with Gasteiger partial charge >= 0.3 is 0 Å². The van der Waals surface area contributed by atoms with Crippen molar-refractivity contribution in [2.45, 2.75) is 18.6 Å². The van der Waals surface area contributed by atoms with Crippen molar-refractivity contribution in [1.29, 1.82) is 0 Å². The maximum absolute atomic E-state index is 10.2. The first kappa shape index (κ1) is 12.6. The molecule has 2 unspecified atom stereocenters. The second-order valence-corrected chi connectivity index (χ2v) is 5.06. The van der Waals surface area contributed by atoms with Gasteiger partial charge in [0, 0.05) is 25.7 Å². The van der Waals surface area contributed by atoms with Gasteiger partial charge in [-0.2, -0.15) is 0 Å². The van der Waals surface area contributed by atoms with Crippen LogP contribution in [-0.2, 0) is 0 Å². The zero-order valence-electron chi connectivity index (χ0n) is 10.7. The van der Waals surface area contributed by atoms with Crippen LogP contribution < -0.4 is 0 Å². The van der Waals surface area contributed by atoms with Crippen molar-refractivity contribution < 1.29 is 5.11 Å². The summed E-state index contributed by atoms with van der Waals surface area (Å²) >= 11 is 0. The normalized spacial score (nSPS) is 24.8. The first-order valence-corrected chi connectivity index (χ1v) is 6.28. The molecule has 1 fully saturated rings. The molecule has 0 spiro atoms. The van der Waals surface area contributed by atoms with Crippen LogP contribution in [0.5, 0.6) is 0 Å². The maximum atomic E-state index is 10.2. The fraction of sp³-hybridized carbons (Fsp3) is 0.571. The van der Waals surface area contributed by atoms with Crippen molar-refractivity contribution in [1.82, 2.24) is 9.80 Å². The fourth-order valence-corrected chi connectivity index (χ4v) is 2.42. The van der Waals surface area contributed by atoms with E-state index in [1.54, 1.807) is 0 Å². The number of nitrogens with zero attached hydrogens (tertiary/aromatic N) is 2. The Bertz CT molecular complexity index is 341. The molecule has 0 bridgehead atoms. The van der Waals surface area contributed by atoms with Crippen molar-refractivity contribution >= 4 is 0 Å². The highest BCUT2D eigenvalue weighted by atomic mass is 16.3. The molecule has 17 heavy (non-hydrogen) atoms. The number of benzene rings is 1. The van der Waals surface area contributed by atoms with Gasteiger partial charge in [0.1, 0.15) is 0 Å². The first-order chi connectivity index (χ1) is 8.16. The van der Waals surface area contributed by atoms with Crippen molar-refractivity contribution in [2.24, 2.45) is 0 Å². The van der Waals surface area contributed by atoms with Gasteiger partial charge in [-0.05, 0) is 26.1 Å². The molecule has 94 valence electrons. The van der Waals surface area contributed by atoms with Crippen molar-refractivity contribution in [3.63, 3.8) is 0 Å². The number of aliphatic hydroxyl groups excluding tert-OH is 1. The van der Waals surface area contributed by atoms with E-state index in [4.69, 9.17) is 0 Å². The van der Waals surface area contributed by atoms with Crippen LogP contribution in [0.15, 0.2) is 30.3 Å². The van der Waals surface area contributed by atoms with E-state index in [2.05, 4.69) is 23.9 Å². The van der Waals surface area contributed by atoms with E-state index in [0.717, 1.165) is 31.6 Å². The van der Waals surface area contributed by atoms with Crippen molar-refractivity contribution in [2.75, 3.05) is 33.7 Å². The highest BCUT2D eigenvalue weighted by Crippen LogP contribution is 2.21. The summed E-state index contributed by atoms with van der Waals surface area (Å²) in [6, 6.07) is 10.4. The highest BCUT2D eigenvalue weighted by Gasteiger charge is 2.24. The van der Waals surface area contributed by atoms with Crippen LogP contribution in [-0.4, -0.2) is 54.7 Å². The Hall–Kier alpha value is -0.900. The lowest BCUT2D eigenvalue weighted by Gasteiger charge is -2.38. The van der Waals surface area contributed by atoms with Crippen LogP contribution in [0.2, 0.25) is 0 Å². The van der Waals surface area contributed by atoms with Crippen LogP contribution in [0.4, 0.5) is 0 Å². The minimum Gasteiger partial charge on any atom is -0.388 e. The third-order valence-electron chi connectivity index (χ3n) is 3.66. The molecule has 1 N–H and O–H groups in total. The van der Waals surface area contributed by atoms with Crippen LogP contribution in [0, 0.1) is 0 Å². The Morgan fingerprint density at radius 3 is 2.65 bits per heavy atom. The van der Waals surface area contributed by atoms with E-state index in [1.165, 1.54) is 0 Å². The molecule has 1 aromatic rings. The summed E-state index contributed by atoms with van der Waals surface area (Å²) in [6.45, 7) is 3.25. The third kappa shape index (κ3) is 3.28. The zero-order chi connectivity index (χ0) is 12.3. The summed E-state index contributed by atoms with van der Waals surface area (Å²) in [5.41, 5.74) is 1.02. The van der Waals surface area contributed by atoms with Crippen LogP contribution >= 0.6 is 0 Å². The van der Waals surface area contributed by atoms with Crippen LogP contribution in [0.3, 0.4) is 0 Å². The van der Waals surface area contributed by atoms with E-state index in [-0.39, 0.29) is 6.10 Å². The average molecular weight is 234 g/mol. The van der Waals surface area contributed by atoms with Gasteiger partial charge in [-0.25, -0.2) is 0 Å². The molecule has 0 aliphatic carbocycles.